The SMILES string of the molecule is CCOC(=O)N1CCN(c2ccc(NS(=O)(=O)c3ccc(CC)cc3)cc2C(=O)O)CC1. The lowest BCUT2D eigenvalue weighted by molar-refractivity contribution is 0.0696. The Kier molecular flexibility index (Phi) is 7.24. The van der Waals surface area contributed by atoms with Crippen molar-refractivity contribution < 1.29 is 27.9 Å². The molecule has 32 heavy (non-hydrogen) atoms. The van der Waals surface area contributed by atoms with Crippen LogP contribution in [0.25, 0.3) is 0 Å². The Morgan fingerprint density at radius 3 is 2.25 bits per heavy atom. The van der Waals surface area contributed by atoms with Crippen LogP contribution in [0.2, 0.25) is 0 Å². The van der Waals surface area contributed by atoms with E-state index in [-0.39, 0.29) is 22.2 Å². The minimum absolute atomic E-state index is 0.0175. The van der Waals surface area contributed by atoms with Crippen molar-refractivity contribution in [2.45, 2.75) is 25.2 Å². The molecule has 1 aliphatic heterocycles. The lowest BCUT2D eigenvalue weighted by atomic mass is 10.1. The van der Waals surface area contributed by atoms with Gasteiger partial charge in [-0.05, 0) is 49.2 Å². The van der Waals surface area contributed by atoms with E-state index in [1.165, 1.54) is 24.3 Å². The van der Waals surface area contributed by atoms with E-state index in [1.807, 2.05) is 11.8 Å². The molecule has 2 aromatic rings. The van der Waals surface area contributed by atoms with Crippen LogP contribution < -0.4 is 9.62 Å². The van der Waals surface area contributed by atoms with Gasteiger partial charge in [0.2, 0.25) is 0 Å². The highest BCUT2D eigenvalue weighted by Crippen LogP contribution is 2.27. The van der Waals surface area contributed by atoms with Crippen molar-refractivity contribution in [3.8, 4) is 0 Å². The number of carboxylic acids is 1. The van der Waals surface area contributed by atoms with Crippen molar-refractivity contribution in [3.05, 3.63) is 53.6 Å². The number of carboxylic acid groups (broad SMARTS) is 1. The Morgan fingerprint density at radius 1 is 1.03 bits per heavy atom. The Hall–Kier alpha value is -3.27. The summed E-state index contributed by atoms with van der Waals surface area (Å²) in [5.74, 6) is -1.17. The third-order valence-electron chi connectivity index (χ3n) is 5.27. The minimum atomic E-state index is -3.86. The number of aryl methyl sites for hydroxylation is 1. The predicted octanol–water partition coefficient (Wildman–Crippen LogP) is 3.03. The van der Waals surface area contributed by atoms with E-state index in [0.717, 1.165) is 12.0 Å². The van der Waals surface area contributed by atoms with Crippen LogP contribution in [0.15, 0.2) is 47.4 Å². The normalized spacial score (nSPS) is 14.2. The number of anilines is 2. The van der Waals surface area contributed by atoms with Crippen molar-refractivity contribution in [1.82, 2.24) is 4.90 Å². The van der Waals surface area contributed by atoms with Gasteiger partial charge < -0.3 is 19.6 Å². The first-order valence-corrected chi connectivity index (χ1v) is 11.9. The molecule has 0 bridgehead atoms. The molecule has 0 atom stereocenters. The Balaban J connectivity index is 1.78. The van der Waals surface area contributed by atoms with Gasteiger partial charge in [0, 0.05) is 31.9 Å². The van der Waals surface area contributed by atoms with Gasteiger partial charge in [-0.2, -0.15) is 0 Å². The smallest absolute Gasteiger partial charge is 0.409 e. The molecule has 0 aliphatic carbocycles. The van der Waals surface area contributed by atoms with Crippen LogP contribution in [0, 0.1) is 0 Å². The molecule has 0 saturated carbocycles. The van der Waals surface area contributed by atoms with Gasteiger partial charge in [0.25, 0.3) is 10.0 Å². The number of nitrogens with one attached hydrogen (secondary N) is 1. The first kappa shape index (κ1) is 23.4. The monoisotopic (exact) mass is 461 g/mol. The van der Waals surface area contributed by atoms with E-state index >= 15 is 0 Å². The molecule has 10 heteroatoms. The number of nitrogens with zero attached hydrogens (tertiary/aromatic N) is 2. The van der Waals surface area contributed by atoms with Crippen molar-refractivity contribution in [2.75, 3.05) is 42.4 Å². The fourth-order valence-electron chi connectivity index (χ4n) is 3.51. The molecule has 172 valence electrons. The van der Waals surface area contributed by atoms with E-state index in [1.54, 1.807) is 30.0 Å². The van der Waals surface area contributed by atoms with E-state index in [2.05, 4.69) is 4.72 Å². The second-order valence-corrected chi connectivity index (χ2v) is 9.00. The van der Waals surface area contributed by atoms with Crippen molar-refractivity contribution in [3.63, 3.8) is 0 Å². The summed E-state index contributed by atoms with van der Waals surface area (Å²) in [4.78, 5) is 27.3. The van der Waals surface area contributed by atoms with Crippen LogP contribution in [-0.2, 0) is 21.2 Å². The quantitative estimate of drug-likeness (QED) is 0.651. The summed E-state index contributed by atoms with van der Waals surface area (Å²) in [6.07, 6.45) is 0.410. The van der Waals surface area contributed by atoms with Crippen molar-refractivity contribution in [2.24, 2.45) is 0 Å². The largest absolute Gasteiger partial charge is 0.478 e. The van der Waals surface area contributed by atoms with Gasteiger partial charge in [-0.3, -0.25) is 4.72 Å². The molecule has 2 aromatic carbocycles. The Labute approximate surface area is 187 Å². The highest BCUT2D eigenvalue weighted by Gasteiger charge is 2.25. The molecule has 1 fully saturated rings. The van der Waals surface area contributed by atoms with Crippen LogP contribution in [0.5, 0.6) is 0 Å². The van der Waals surface area contributed by atoms with Crippen molar-refractivity contribution >= 4 is 33.5 Å². The summed E-state index contributed by atoms with van der Waals surface area (Å²) in [7, 11) is -3.86. The third-order valence-corrected chi connectivity index (χ3v) is 6.66. The zero-order chi connectivity index (χ0) is 23.3. The van der Waals surface area contributed by atoms with Gasteiger partial charge in [-0.25, -0.2) is 18.0 Å². The molecule has 9 nitrogen and oxygen atoms in total. The molecular weight excluding hydrogens is 434 g/mol. The number of ether oxygens (including phenoxy) is 1. The summed E-state index contributed by atoms with van der Waals surface area (Å²) in [6, 6.07) is 11.0. The number of hydrogen-bond acceptors (Lipinski definition) is 6. The van der Waals surface area contributed by atoms with E-state index in [0.29, 0.717) is 38.5 Å². The molecule has 0 spiro atoms. The summed E-state index contributed by atoms with van der Waals surface area (Å²) in [5.41, 5.74) is 1.63. The zero-order valence-corrected chi connectivity index (χ0v) is 18.9. The number of amides is 1. The van der Waals surface area contributed by atoms with Crippen LogP contribution in [0.1, 0.15) is 29.8 Å². The number of carbonyl (C=O) groups is 2. The standard InChI is InChI=1S/C22H27N3O6S/c1-3-16-5-8-18(9-6-16)32(29,30)23-17-7-10-20(19(15-17)21(26)27)24-11-13-25(14-12-24)22(28)31-4-2/h5-10,15,23H,3-4,11-14H2,1-2H3,(H,26,27). The summed E-state index contributed by atoms with van der Waals surface area (Å²) < 4.78 is 32.9. The molecule has 0 aromatic heterocycles. The number of carbonyl (C=O) groups excluding carboxylic acids is 1. The average molecular weight is 462 g/mol. The van der Waals surface area contributed by atoms with Gasteiger partial charge in [-0.15, -0.1) is 0 Å². The van der Waals surface area contributed by atoms with Crippen LogP contribution in [0.3, 0.4) is 0 Å². The first-order chi connectivity index (χ1) is 15.2. The highest BCUT2D eigenvalue weighted by molar-refractivity contribution is 7.92. The van der Waals surface area contributed by atoms with Gasteiger partial charge in [0.15, 0.2) is 0 Å². The second-order valence-electron chi connectivity index (χ2n) is 7.31. The molecule has 1 saturated heterocycles. The number of aromatic carboxylic acids is 1. The van der Waals surface area contributed by atoms with Crippen LogP contribution in [0.4, 0.5) is 16.2 Å². The molecule has 2 N–H and O–H groups in total. The van der Waals surface area contributed by atoms with Crippen molar-refractivity contribution in [1.29, 1.82) is 0 Å². The van der Waals surface area contributed by atoms with Gasteiger partial charge in [-0.1, -0.05) is 19.1 Å². The lowest BCUT2D eigenvalue weighted by Crippen LogP contribution is -2.49. The maximum atomic E-state index is 12.7. The summed E-state index contributed by atoms with van der Waals surface area (Å²) in [6.45, 7) is 5.70. The Morgan fingerprint density at radius 2 is 1.69 bits per heavy atom. The topological polar surface area (TPSA) is 116 Å². The predicted molar refractivity (Wildman–Crippen MR) is 121 cm³/mol. The first-order valence-electron chi connectivity index (χ1n) is 10.4. The average Bonchev–Trinajstić information content (AvgIpc) is 2.79. The molecule has 0 radical (unpaired) electrons. The fraction of sp³-hybridized carbons (Fsp3) is 0.364. The molecule has 1 amide bonds. The highest BCUT2D eigenvalue weighted by atomic mass is 32.2. The molecule has 1 heterocycles. The molecule has 1 aliphatic rings. The number of piperazine rings is 1. The maximum absolute atomic E-state index is 12.7. The van der Waals surface area contributed by atoms with Gasteiger partial charge in [0.1, 0.15) is 0 Å². The molecule has 0 unspecified atom stereocenters. The Bertz CT molecular complexity index is 1080. The number of sulfonamides is 1. The zero-order valence-electron chi connectivity index (χ0n) is 18.1. The van der Waals surface area contributed by atoms with Gasteiger partial charge >= 0.3 is 12.1 Å². The van der Waals surface area contributed by atoms with Gasteiger partial charge in [0.05, 0.1) is 22.8 Å². The minimum Gasteiger partial charge on any atom is -0.478 e. The fourth-order valence-corrected chi connectivity index (χ4v) is 4.56. The number of benzene rings is 2. The van der Waals surface area contributed by atoms with E-state index in [9.17, 15) is 23.1 Å². The van der Waals surface area contributed by atoms with Crippen LogP contribution in [-0.4, -0.2) is 63.3 Å². The molecular formula is C22H27N3O6S. The van der Waals surface area contributed by atoms with E-state index < -0.39 is 16.0 Å². The molecule has 3 rings (SSSR count). The third kappa shape index (κ3) is 5.31. The number of hydrogen-bond donors (Lipinski definition) is 2. The summed E-state index contributed by atoms with van der Waals surface area (Å²) in [5, 5.41) is 9.72. The number of rotatable bonds is 7. The maximum Gasteiger partial charge on any atom is 0.409 e. The van der Waals surface area contributed by atoms with E-state index in [4.69, 9.17) is 4.74 Å². The summed E-state index contributed by atoms with van der Waals surface area (Å²) >= 11 is 0. The van der Waals surface area contributed by atoms with Crippen LogP contribution >= 0.6 is 0 Å². The lowest BCUT2D eigenvalue weighted by Gasteiger charge is -2.36. The second kappa shape index (κ2) is 9.90.